The fourth-order valence-electron chi connectivity index (χ4n) is 3.52. The molecule has 1 aromatic carbocycles. The highest BCUT2D eigenvalue weighted by molar-refractivity contribution is 5.44. The number of hydrogen-bond donors (Lipinski definition) is 0. The predicted molar refractivity (Wildman–Crippen MR) is 103 cm³/mol. The highest BCUT2D eigenvalue weighted by atomic mass is 16.7. The third-order valence-electron chi connectivity index (χ3n) is 5.12. The topological polar surface area (TPSA) is 66.9 Å². The molecule has 0 bridgehead atoms. The Morgan fingerprint density at radius 1 is 1.04 bits per heavy atom. The molecular weight excluding hydrogens is 344 g/mol. The molecule has 0 radical (unpaired) electrons. The molecule has 3 heterocycles. The largest absolute Gasteiger partial charge is 0.454 e. The Bertz CT molecular complexity index is 775. The van der Waals surface area contributed by atoms with E-state index in [0.29, 0.717) is 6.79 Å². The molecule has 0 saturated carbocycles. The highest BCUT2D eigenvalue weighted by Gasteiger charge is 2.21. The molecular formula is C19H26N6O2. The maximum atomic E-state index is 5.48. The normalized spacial score (nSPS) is 16.6. The molecule has 2 aliphatic rings. The molecule has 0 N–H and O–H groups in total. The van der Waals surface area contributed by atoms with Crippen LogP contribution in [0.1, 0.15) is 19.4 Å². The van der Waals surface area contributed by atoms with Crippen molar-refractivity contribution in [3.8, 4) is 11.5 Å². The van der Waals surface area contributed by atoms with E-state index in [2.05, 4.69) is 50.9 Å². The van der Waals surface area contributed by atoms with Crippen LogP contribution in [0.25, 0.3) is 0 Å². The van der Waals surface area contributed by atoms with Crippen LogP contribution in [0.5, 0.6) is 11.5 Å². The standard InChI is InChI=1S/C19H26N6O2/c1-3-24(4-2)18-12-20-22-19(21-18)25-9-7-23(8-10-25)13-15-5-6-16-17(11-15)27-14-26-16/h5-6,11-12H,3-4,7-10,13-14H2,1-2H3. The van der Waals surface area contributed by atoms with Crippen molar-refractivity contribution in [2.75, 3.05) is 55.9 Å². The summed E-state index contributed by atoms with van der Waals surface area (Å²) in [6.45, 7) is 11.0. The van der Waals surface area contributed by atoms with Gasteiger partial charge in [-0.2, -0.15) is 10.1 Å². The fourth-order valence-corrected chi connectivity index (χ4v) is 3.52. The molecule has 1 fully saturated rings. The molecule has 2 aliphatic heterocycles. The van der Waals surface area contributed by atoms with Gasteiger partial charge >= 0.3 is 0 Å². The van der Waals surface area contributed by atoms with Gasteiger partial charge in [0, 0.05) is 45.8 Å². The van der Waals surface area contributed by atoms with Crippen LogP contribution in [0.3, 0.4) is 0 Å². The molecule has 0 atom stereocenters. The zero-order valence-corrected chi connectivity index (χ0v) is 16.0. The number of rotatable bonds is 6. The van der Waals surface area contributed by atoms with E-state index in [-0.39, 0.29) is 0 Å². The minimum atomic E-state index is 0.318. The summed E-state index contributed by atoms with van der Waals surface area (Å²) in [5.41, 5.74) is 1.24. The molecule has 0 unspecified atom stereocenters. The fraction of sp³-hybridized carbons (Fsp3) is 0.526. The second kappa shape index (κ2) is 7.96. The number of nitrogens with zero attached hydrogens (tertiary/aromatic N) is 6. The van der Waals surface area contributed by atoms with Crippen molar-refractivity contribution in [2.45, 2.75) is 20.4 Å². The highest BCUT2D eigenvalue weighted by Crippen LogP contribution is 2.32. The van der Waals surface area contributed by atoms with Gasteiger partial charge in [0.2, 0.25) is 12.7 Å². The van der Waals surface area contributed by atoms with Crippen molar-refractivity contribution in [1.82, 2.24) is 20.1 Å². The van der Waals surface area contributed by atoms with Crippen LogP contribution in [-0.4, -0.2) is 66.1 Å². The number of fused-ring (bicyclic) bond motifs is 1. The Kier molecular flexibility index (Phi) is 5.24. The quantitative estimate of drug-likeness (QED) is 0.762. The number of hydrogen-bond acceptors (Lipinski definition) is 8. The number of benzene rings is 1. The number of piperazine rings is 1. The molecule has 4 rings (SSSR count). The van der Waals surface area contributed by atoms with Gasteiger partial charge in [-0.05, 0) is 31.5 Å². The van der Waals surface area contributed by atoms with Gasteiger partial charge in [0.1, 0.15) is 0 Å². The van der Waals surface area contributed by atoms with E-state index in [1.165, 1.54) is 5.56 Å². The Balaban J connectivity index is 1.36. The molecule has 27 heavy (non-hydrogen) atoms. The SMILES string of the molecule is CCN(CC)c1cnnc(N2CCN(Cc3ccc4c(c3)OCO4)CC2)n1. The zero-order valence-electron chi connectivity index (χ0n) is 16.0. The molecule has 0 spiro atoms. The van der Waals surface area contributed by atoms with E-state index in [1.54, 1.807) is 6.20 Å². The summed E-state index contributed by atoms with van der Waals surface area (Å²) < 4.78 is 10.9. The first-order chi connectivity index (χ1) is 13.3. The minimum Gasteiger partial charge on any atom is -0.454 e. The van der Waals surface area contributed by atoms with E-state index in [0.717, 1.165) is 69.1 Å². The van der Waals surface area contributed by atoms with Gasteiger partial charge in [0.15, 0.2) is 17.3 Å². The van der Waals surface area contributed by atoms with E-state index >= 15 is 0 Å². The van der Waals surface area contributed by atoms with Gasteiger partial charge < -0.3 is 19.3 Å². The lowest BCUT2D eigenvalue weighted by molar-refractivity contribution is 0.174. The molecule has 1 aromatic heterocycles. The van der Waals surface area contributed by atoms with Gasteiger partial charge in [0.25, 0.3) is 0 Å². The number of aromatic nitrogens is 3. The van der Waals surface area contributed by atoms with E-state index in [9.17, 15) is 0 Å². The maximum Gasteiger partial charge on any atom is 0.247 e. The minimum absolute atomic E-state index is 0.318. The third kappa shape index (κ3) is 3.90. The van der Waals surface area contributed by atoms with Crippen LogP contribution >= 0.6 is 0 Å². The Labute approximate surface area is 159 Å². The van der Waals surface area contributed by atoms with Gasteiger partial charge in [-0.25, -0.2) is 0 Å². The number of ether oxygens (including phenoxy) is 2. The van der Waals surface area contributed by atoms with Crippen LogP contribution in [0.15, 0.2) is 24.4 Å². The third-order valence-corrected chi connectivity index (χ3v) is 5.12. The summed E-state index contributed by atoms with van der Waals surface area (Å²) in [5, 5.41) is 8.41. The Morgan fingerprint density at radius 2 is 1.81 bits per heavy atom. The van der Waals surface area contributed by atoms with Gasteiger partial charge in [-0.1, -0.05) is 6.07 Å². The molecule has 0 amide bonds. The lowest BCUT2D eigenvalue weighted by atomic mass is 10.1. The lowest BCUT2D eigenvalue weighted by Crippen LogP contribution is -2.46. The smallest absolute Gasteiger partial charge is 0.247 e. The van der Waals surface area contributed by atoms with Gasteiger partial charge in [0.05, 0.1) is 6.20 Å². The molecule has 1 saturated heterocycles. The number of anilines is 2. The van der Waals surface area contributed by atoms with E-state index in [1.807, 2.05) is 6.07 Å². The summed E-state index contributed by atoms with van der Waals surface area (Å²) in [5.74, 6) is 3.30. The van der Waals surface area contributed by atoms with Crippen LogP contribution in [0.2, 0.25) is 0 Å². The monoisotopic (exact) mass is 370 g/mol. The van der Waals surface area contributed by atoms with Crippen molar-refractivity contribution in [1.29, 1.82) is 0 Å². The second-order valence-electron chi connectivity index (χ2n) is 6.74. The van der Waals surface area contributed by atoms with Crippen molar-refractivity contribution >= 4 is 11.8 Å². The summed E-state index contributed by atoms with van der Waals surface area (Å²) in [4.78, 5) is 11.6. The van der Waals surface area contributed by atoms with Crippen LogP contribution in [-0.2, 0) is 6.54 Å². The molecule has 144 valence electrons. The van der Waals surface area contributed by atoms with Gasteiger partial charge in [-0.15, -0.1) is 5.10 Å². The Morgan fingerprint density at radius 3 is 2.59 bits per heavy atom. The second-order valence-corrected chi connectivity index (χ2v) is 6.74. The van der Waals surface area contributed by atoms with Crippen molar-refractivity contribution in [3.05, 3.63) is 30.0 Å². The average Bonchev–Trinajstić information content (AvgIpc) is 3.18. The first-order valence-corrected chi connectivity index (χ1v) is 9.57. The van der Waals surface area contributed by atoms with Crippen molar-refractivity contribution in [2.24, 2.45) is 0 Å². The lowest BCUT2D eigenvalue weighted by Gasteiger charge is -2.34. The van der Waals surface area contributed by atoms with Crippen LogP contribution in [0, 0.1) is 0 Å². The summed E-state index contributed by atoms with van der Waals surface area (Å²) in [6.07, 6.45) is 1.74. The molecule has 2 aromatic rings. The van der Waals surface area contributed by atoms with Crippen LogP contribution in [0.4, 0.5) is 11.8 Å². The first-order valence-electron chi connectivity index (χ1n) is 9.57. The van der Waals surface area contributed by atoms with E-state index in [4.69, 9.17) is 14.5 Å². The summed E-state index contributed by atoms with van der Waals surface area (Å²) in [7, 11) is 0. The zero-order chi connectivity index (χ0) is 18.6. The maximum absolute atomic E-state index is 5.48. The average molecular weight is 370 g/mol. The molecule has 8 heteroatoms. The predicted octanol–water partition coefficient (Wildman–Crippen LogP) is 1.77. The van der Waals surface area contributed by atoms with Crippen molar-refractivity contribution < 1.29 is 9.47 Å². The van der Waals surface area contributed by atoms with Crippen LogP contribution < -0.4 is 19.3 Å². The summed E-state index contributed by atoms with van der Waals surface area (Å²) >= 11 is 0. The Hall–Kier alpha value is -2.61. The first kappa shape index (κ1) is 17.8. The molecule has 0 aliphatic carbocycles. The van der Waals surface area contributed by atoms with Crippen molar-refractivity contribution in [3.63, 3.8) is 0 Å². The molecule has 8 nitrogen and oxygen atoms in total. The van der Waals surface area contributed by atoms with Gasteiger partial charge in [-0.3, -0.25) is 4.90 Å². The van der Waals surface area contributed by atoms with E-state index < -0.39 is 0 Å². The summed E-state index contributed by atoms with van der Waals surface area (Å²) in [6, 6.07) is 6.18.